The van der Waals surface area contributed by atoms with Crippen molar-refractivity contribution < 1.29 is 13.2 Å². The summed E-state index contributed by atoms with van der Waals surface area (Å²) in [5.74, 6) is 0.176. The second-order valence-corrected chi connectivity index (χ2v) is 4.51. The molecular weight excluding hydrogens is 337 g/mol. The highest BCUT2D eigenvalue weighted by molar-refractivity contribution is 9.10. The Hall–Kier alpha value is -2.14. The van der Waals surface area contributed by atoms with E-state index in [1.165, 1.54) is 18.3 Å². The molecule has 8 heteroatoms. The van der Waals surface area contributed by atoms with Crippen molar-refractivity contribution in [3.63, 3.8) is 0 Å². The van der Waals surface area contributed by atoms with Crippen LogP contribution in [0.15, 0.2) is 35.1 Å². The van der Waals surface area contributed by atoms with Crippen molar-refractivity contribution in [2.24, 2.45) is 0 Å². The van der Waals surface area contributed by atoms with Crippen LogP contribution in [-0.4, -0.2) is 9.97 Å². The van der Waals surface area contributed by atoms with E-state index >= 15 is 0 Å². The first-order chi connectivity index (χ1) is 9.40. The average molecular weight is 343 g/mol. The zero-order valence-corrected chi connectivity index (χ0v) is 11.3. The standard InChI is InChI=1S/C12H6BrF3N4/c13-10-6-18-11(9(5-17)20-10)19-8-3-1-7(2-4-8)12(14,15)16/h1-4,6H,(H,18,19). The molecule has 1 N–H and O–H groups in total. The first-order valence-electron chi connectivity index (χ1n) is 5.27. The van der Waals surface area contributed by atoms with Gasteiger partial charge in [0.15, 0.2) is 11.5 Å². The first kappa shape index (κ1) is 14.3. The number of hydrogen-bond donors (Lipinski definition) is 1. The van der Waals surface area contributed by atoms with Crippen molar-refractivity contribution in [1.29, 1.82) is 5.26 Å². The fraction of sp³-hybridized carbons (Fsp3) is 0.0833. The van der Waals surface area contributed by atoms with Crippen LogP contribution in [0.25, 0.3) is 0 Å². The van der Waals surface area contributed by atoms with Crippen LogP contribution in [0.3, 0.4) is 0 Å². The van der Waals surface area contributed by atoms with E-state index in [0.29, 0.717) is 10.3 Å². The van der Waals surface area contributed by atoms with Crippen molar-refractivity contribution in [2.45, 2.75) is 6.18 Å². The Morgan fingerprint density at radius 2 is 1.85 bits per heavy atom. The van der Waals surface area contributed by atoms with E-state index < -0.39 is 11.7 Å². The Morgan fingerprint density at radius 3 is 2.40 bits per heavy atom. The van der Waals surface area contributed by atoms with Crippen molar-refractivity contribution >= 4 is 27.4 Å². The molecule has 4 nitrogen and oxygen atoms in total. The lowest BCUT2D eigenvalue weighted by atomic mass is 10.2. The molecule has 0 aliphatic carbocycles. The van der Waals surface area contributed by atoms with Gasteiger partial charge in [0.1, 0.15) is 10.7 Å². The smallest absolute Gasteiger partial charge is 0.338 e. The van der Waals surface area contributed by atoms with Crippen LogP contribution in [0.5, 0.6) is 0 Å². The molecule has 0 bridgehead atoms. The zero-order valence-electron chi connectivity index (χ0n) is 9.74. The molecule has 0 aliphatic heterocycles. The largest absolute Gasteiger partial charge is 0.416 e. The molecule has 1 heterocycles. The predicted octanol–water partition coefficient (Wildman–Crippen LogP) is 3.87. The summed E-state index contributed by atoms with van der Waals surface area (Å²) >= 11 is 3.08. The molecule has 0 saturated carbocycles. The summed E-state index contributed by atoms with van der Waals surface area (Å²) in [6.45, 7) is 0. The maximum absolute atomic E-state index is 12.4. The SMILES string of the molecule is N#Cc1nc(Br)cnc1Nc1ccc(C(F)(F)F)cc1. The highest BCUT2D eigenvalue weighted by atomic mass is 79.9. The molecule has 102 valence electrons. The predicted molar refractivity (Wildman–Crippen MR) is 69.2 cm³/mol. The van der Waals surface area contributed by atoms with E-state index in [2.05, 4.69) is 31.2 Å². The Labute approximate surface area is 120 Å². The lowest BCUT2D eigenvalue weighted by Crippen LogP contribution is -2.05. The minimum absolute atomic E-state index is 0.0410. The number of benzene rings is 1. The Bertz CT molecular complexity index is 662. The van der Waals surface area contributed by atoms with Crippen LogP contribution in [0.2, 0.25) is 0 Å². The minimum Gasteiger partial charge on any atom is -0.338 e. The van der Waals surface area contributed by atoms with Crippen LogP contribution < -0.4 is 5.32 Å². The third-order valence-corrected chi connectivity index (χ3v) is 2.71. The Kier molecular flexibility index (Phi) is 3.90. The van der Waals surface area contributed by atoms with Gasteiger partial charge in [0.25, 0.3) is 0 Å². The van der Waals surface area contributed by atoms with Crippen molar-refractivity contribution in [2.75, 3.05) is 5.32 Å². The molecule has 0 spiro atoms. The third-order valence-electron chi connectivity index (χ3n) is 2.32. The molecule has 0 radical (unpaired) electrons. The van der Waals surface area contributed by atoms with Crippen LogP contribution in [0.4, 0.5) is 24.7 Å². The molecule has 1 aromatic carbocycles. The molecule has 0 unspecified atom stereocenters. The fourth-order valence-corrected chi connectivity index (χ4v) is 1.70. The van der Waals surface area contributed by atoms with Gasteiger partial charge in [0, 0.05) is 5.69 Å². The van der Waals surface area contributed by atoms with Gasteiger partial charge < -0.3 is 5.32 Å². The van der Waals surface area contributed by atoms with Crippen LogP contribution in [0.1, 0.15) is 11.3 Å². The molecule has 0 saturated heterocycles. The van der Waals surface area contributed by atoms with Gasteiger partial charge in [-0.25, -0.2) is 9.97 Å². The fourth-order valence-electron chi connectivity index (χ4n) is 1.42. The monoisotopic (exact) mass is 342 g/mol. The normalized spacial score (nSPS) is 10.9. The van der Waals surface area contributed by atoms with E-state index in [4.69, 9.17) is 5.26 Å². The number of halogens is 4. The van der Waals surface area contributed by atoms with Gasteiger partial charge in [-0.05, 0) is 40.2 Å². The second kappa shape index (κ2) is 5.46. The summed E-state index contributed by atoms with van der Waals surface area (Å²) in [5, 5.41) is 11.7. The van der Waals surface area contributed by atoms with Crippen LogP contribution >= 0.6 is 15.9 Å². The summed E-state index contributed by atoms with van der Waals surface area (Å²) in [6, 6.07) is 6.25. The quantitative estimate of drug-likeness (QED) is 0.899. The van der Waals surface area contributed by atoms with Gasteiger partial charge in [-0.1, -0.05) is 0 Å². The zero-order chi connectivity index (χ0) is 14.8. The maximum Gasteiger partial charge on any atom is 0.416 e. The number of anilines is 2. The second-order valence-electron chi connectivity index (χ2n) is 3.70. The van der Waals surface area contributed by atoms with Crippen molar-refractivity contribution in [3.8, 4) is 6.07 Å². The number of aromatic nitrogens is 2. The van der Waals surface area contributed by atoms with Gasteiger partial charge in [0.2, 0.25) is 0 Å². The van der Waals surface area contributed by atoms with E-state index in [1.54, 1.807) is 0 Å². The summed E-state index contributed by atoms with van der Waals surface area (Å²) < 4.78 is 37.7. The van der Waals surface area contributed by atoms with Gasteiger partial charge in [0.05, 0.1) is 11.8 Å². The minimum atomic E-state index is -4.38. The summed E-state index contributed by atoms with van der Waals surface area (Å²) in [4.78, 5) is 7.85. The van der Waals surface area contributed by atoms with Gasteiger partial charge in [-0.15, -0.1) is 0 Å². The Balaban J connectivity index is 2.25. The molecule has 0 aliphatic rings. The van der Waals surface area contributed by atoms with Gasteiger partial charge in [-0.2, -0.15) is 18.4 Å². The Morgan fingerprint density at radius 1 is 1.20 bits per heavy atom. The topological polar surface area (TPSA) is 61.6 Å². The number of nitrogens with zero attached hydrogens (tertiary/aromatic N) is 3. The average Bonchev–Trinajstić information content (AvgIpc) is 2.40. The maximum atomic E-state index is 12.4. The first-order valence-corrected chi connectivity index (χ1v) is 6.06. The molecule has 2 aromatic rings. The lowest BCUT2D eigenvalue weighted by Gasteiger charge is -2.09. The van der Waals surface area contributed by atoms with Gasteiger partial charge in [-0.3, -0.25) is 0 Å². The highest BCUT2D eigenvalue weighted by Gasteiger charge is 2.29. The highest BCUT2D eigenvalue weighted by Crippen LogP contribution is 2.30. The molecule has 0 amide bonds. The number of rotatable bonds is 2. The number of alkyl halides is 3. The van der Waals surface area contributed by atoms with E-state index in [9.17, 15) is 13.2 Å². The van der Waals surface area contributed by atoms with Crippen molar-refractivity contribution in [3.05, 3.63) is 46.3 Å². The van der Waals surface area contributed by atoms with Gasteiger partial charge >= 0.3 is 6.18 Å². The van der Waals surface area contributed by atoms with Crippen LogP contribution in [-0.2, 0) is 6.18 Å². The number of nitriles is 1. The summed E-state index contributed by atoms with van der Waals surface area (Å²) in [5.41, 5.74) is -0.323. The summed E-state index contributed by atoms with van der Waals surface area (Å²) in [7, 11) is 0. The third kappa shape index (κ3) is 3.24. The van der Waals surface area contributed by atoms with Crippen LogP contribution in [0, 0.1) is 11.3 Å². The summed E-state index contributed by atoms with van der Waals surface area (Å²) in [6.07, 6.45) is -3.00. The number of hydrogen-bond acceptors (Lipinski definition) is 4. The molecular formula is C12H6BrF3N4. The molecule has 2 rings (SSSR count). The van der Waals surface area contributed by atoms with E-state index in [1.807, 2.05) is 6.07 Å². The lowest BCUT2D eigenvalue weighted by molar-refractivity contribution is -0.137. The van der Waals surface area contributed by atoms with E-state index in [-0.39, 0.29) is 11.5 Å². The molecule has 0 fully saturated rings. The van der Waals surface area contributed by atoms with E-state index in [0.717, 1.165) is 12.1 Å². The molecule has 1 aromatic heterocycles. The van der Waals surface area contributed by atoms with Crippen molar-refractivity contribution in [1.82, 2.24) is 9.97 Å². The number of nitrogens with one attached hydrogen (secondary N) is 1. The molecule has 0 atom stereocenters. The molecule has 20 heavy (non-hydrogen) atoms.